The molecule has 0 bridgehead atoms. The van der Waals surface area contributed by atoms with Gasteiger partial charge in [-0.25, -0.2) is 0 Å². The number of carbonyl (C=O) groups is 1. The van der Waals surface area contributed by atoms with Crippen molar-refractivity contribution >= 4 is 5.91 Å². The lowest BCUT2D eigenvalue weighted by atomic mass is 9.81. The van der Waals surface area contributed by atoms with E-state index in [9.17, 15) is 4.79 Å². The van der Waals surface area contributed by atoms with E-state index in [2.05, 4.69) is 10.00 Å². The molecule has 1 aliphatic heterocycles. The molecule has 1 aromatic rings. The lowest BCUT2D eigenvalue weighted by molar-refractivity contribution is -0.129. The number of hydrogen-bond acceptors (Lipinski definition) is 3. The van der Waals surface area contributed by atoms with Crippen molar-refractivity contribution in [1.82, 2.24) is 14.7 Å². The zero-order valence-corrected chi connectivity index (χ0v) is 10.5. The van der Waals surface area contributed by atoms with Crippen molar-refractivity contribution in [2.24, 2.45) is 18.2 Å². The fourth-order valence-electron chi connectivity index (χ4n) is 2.49. The van der Waals surface area contributed by atoms with E-state index in [1.54, 1.807) is 4.68 Å². The van der Waals surface area contributed by atoms with E-state index in [1.165, 1.54) is 5.56 Å². The zero-order valence-electron chi connectivity index (χ0n) is 10.5. The summed E-state index contributed by atoms with van der Waals surface area (Å²) in [7, 11) is 1.91. The van der Waals surface area contributed by atoms with Crippen LogP contribution in [0.3, 0.4) is 0 Å². The second-order valence-corrected chi connectivity index (χ2v) is 5.26. The van der Waals surface area contributed by atoms with E-state index >= 15 is 0 Å². The van der Waals surface area contributed by atoms with Crippen LogP contribution in [0, 0.1) is 5.41 Å². The fourth-order valence-corrected chi connectivity index (χ4v) is 2.49. The number of aromatic nitrogens is 2. The minimum Gasteiger partial charge on any atom is -0.369 e. The van der Waals surface area contributed by atoms with Crippen molar-refractivity contribution in [3.05, 3.63) is 18.0 Å². The number of hydrogen-bond donors (Lipinski definition) is 1. The first-order valence-corrected chi connectivity index (χ1v) is 5.99. The van der Waals surface area contributed by atoms with Gasteiger partial charge in [0.1, 0.15) is 0 Å². The Morgan fingerprint density at radius 1 is 1.65 bits per heavy atom. The maximum atomic E-state index is 11.5. The van der Waals surface area contributed by atoms with Gasteiger partial charge in [0, 0.05) is 31.9 Å². The standard InChI is InChI=1S/C12H20N4O/c1-12(11(13)17)4-3-5-16(9-12)8-10-6-14-15(2)7-10/h6-7H,3-5,8-9H2,1-2H3,(H2,13,17)/t12-/m0/s1. The molecular weight excluding hydrogens is 216 g/mol. The summed E-state index contributed by atoms with van der Waals surface area (Å²) in [4.78, 5) is 13.7. The van der Waals surface area contributed by atoms with Crippen LogP contribution < -0.4 is 5.73 Å². The summed E-state index contributed by atoms with van der Waals surface area (Å²) in [6, 6.07) is 0. The molecule has 2 heterocycles. The Morgan fingerprint density at radius 2 is 2.41 bits per heavy atom. The second-order valence-electron chi connectivity index (χ2n) is 5.26. The molecule has 0 radical (unpaired) electrons. The topological polar surface area (TPSA) is 64.2 Å². The predicted octanol–water partition coefficient (Wildman–Crippen LogP) is 0.508. The number of aryl methyl sites for hydroxylation is 1. The van der Waals surface area contributed by atoms with Crippen molar-refractivity contribution in [3.63, 3.8) is 0 Å². The Labute approximate surface area is 102 Å². The number of nitrogens with zero attached hydrogens (tertiary/aromatic N) is 3. The van der Waals surface area contributed by atoms with E-state index in [0.717, 1.165) is 32.5 Å². The molecule has 1 atom stereocenters. The van der Waals surface area contributed by atoms with Gasteiger partial charge in [0.25, 0.3) is 0 Å². The molecule has 1 fully saturated rings. The third kappa shape index (κ3) is 2.66. The smallest absolute Gasteiger partial charge is 0.224 e. The molecule has 0 saturated carbocycles. The second kappa shape index (κ2) is 4.49. The molecule has 1 aliphatic rings. The SMILES string of the molecule is Cn1cc(CN2CCC[C@](C)(C(N)=O)C2)cn1. The molecule has 94 valence electrons. The van der Waals surface area contributed by atoms with Gasteiger partial charge < -0.3 is 5.73 Å². The zero-order chi connectivity index (χ0) is 12.5. The molecule has 0 spiro atoms. The first kappa shape index (κ1) is 12.1. The van der Waals surface area contributed by atoms with Crippen molar-refractivity contribution < 1.29 is 4.79 Å². The first-order valence-electron chi connectivity index (χ1n) is 5.99. The highest BCUT2D eigenvalue weighted by Crippen LogP contribution is 2.29. The molecule has 0 unspecified atom stereocenters. The van der Waals surface area contributed by atoms with Gasteiger partial charge in [-0.05, 0) is 26.3 Å². The number of amides is 1. The van der Waals surface area contributed by atoms with Gasteiger partial charge in [0.05, 0.1) is 11.6 Å². The monoisotopic (exact) mass is 236 g/mol. The van der Waals surface area contributed by atoms with Crippen molar-refractivity contribution in [3.8, 4) is 0 Å². The molecule has 1 aromatic heterocycles. The van der Waals surface area contributed by atoms with Gasteiger partial charge in [0.15, 0.2) is 0 Å². The van der Waals surface area contributed by atoms with Crippen LogP contribution in [0.25, 0.3) is 0 Å². The minimum absolute atomic E-state index is 0.187. The lowest BCUT2D eigenvalue weighted by Gasteiger charge is -2.38. The Balaban J connectivity index is 2.00. The van der Waals surface area contributed by atoms with E-state index in [0.29, 0.717) is 0 Å². The average Bonchev–Trinajstić information content (AvgIpc) is 2.64. The van der Waals surface area contributed by atoms with Crippen LogP contribution in [-0.4, -0.2) is 33.7 Å². The number of nitrogens with two attached hydrogens (primary N) is 1. The highest BCUT2D eigenvalue weighted by molar-refractivity contribution is 5.80. The van der Waals surface area contributed by atoms with E-state index < -0.39 is 0 Å². The normalized spacial score (nSPS) is 26.0. The summed E-state index contributed by atoms with van der Waals surface area (Å²) >= 11 is 0. The van der Waals surface area contributed by atoms with Crippen molar-refractivity contribution in [2.45, 2.75) is 26.3 Å². The largest absolute Gasteiger partial charge is 0.369 e. The van der Waals surface area contributed by atoms with Crippen LogP contribution in [0.15, 0.2) is 12.4 Å². The third-order valence-corrected chi connectivity index (χ3v) is 3.53. The maximum absolute atomic E-state index is 11.5. The van der Waals surface area contributed by atoms with Gasteiger partial charge in [-0.1, -0.05) is 0 Å². The lowest BCUT2D eigenvalue weighted by Crippen LogP contribution is -2.48. The van der Waals surface area contributed by atoms with Gasteiger partial charge in [-0.2, -0.15) is 5.10 Å². The summed E-state index contributed by atoms with van der Waals surface area (Å²) in [5, 5.41) is 4.15. The van der Waals surface area contributed by atoms with Crippen molar-refractivity contribution in [1.29, 1.82) is 0 Å². The van der Waals surface area contributed by atoms with Crippen LogP contribution in [0.5, 0.6) is 0 Å². The molecule has 1 amide bonds. The molecule has 0 aromatic carbocycles. The van der Waals surface area contributed by atoms with Gasteiger partial charge in [0.2, 0.25) is 5.91 Å². The van der Waals surface area contributed by atoms with Crippen LogP contribution >= 0.6 is 0 Å². The van der Waals surface area contributed by atoms with Gasteiger partial charge >= 0.3 is 0 Å². The summed E-state index contributed by atoms with van der Waals surface area (Å²) in [5.74, 6) is -0.187. The Hall–Kier alpha value is -1.36. The molecule has 2 rings (SSSR count). The first-order chi connectivity index (χ1) is 7.99. The summed E-state index contributed by atoms with van der Waals surface area (Å²) < 4.78 is 1.80. The van der Waals surface area contributed by atoms with Crippen LogP contribution in [0.2, 0.25) is 0 Å². The molecule has 1 saturated heterocycles. The number of piperidine rings is 1. The highest BCUT2D eigenvalue weighted by Gasteiger charge is 2.36. The Bertz CT molecular complexity index is 414. The van der Waals surface area contributed by atoms with E-state index in [4.69, 9.17) is 5.73 Å². The van der Waals surface area contributed by atoms with Crippen molar-refractivity contribution in [2.75, 3.05) is 13.1 Å². The van der Waals surface area contributed by atoms with Crippen LogP contribution in [0.4, 0.5) is 0 Å². The third-order valence-electron chi connectivity index (χ3n) is 3.53. The summed E-state index contributed by atoms with van der Waals surface area (Å²) in [6.45, 7) is 4.58. The predicted molar refractivity (Wildman–Crippen MR) is 65.0 cm³/mol. The van der Waals surface area contributed by atoms with Crippen LogP contribution in [-0.2, 0) is 18.4 Å². The molecule has 2 N–H and O–H groups in total. The van der Waals surface area contributed by atoms with E-state index in [1.807, 2.05) is 26.4 Å². The minimum atomic E-state index is -0.375. The molecule has 17 heavy (non-hydrogen) atoms. The quantitative estimate of drug-likeness (QED) is 0.831. The number of rotatable bonds is 3. The summed E-state index contributed by atoms with van der Waals surface area (Å²) in [6.07, 6.45) is 5.80. The number of likely N-dealkylation sites (tertiary alicyclic amines) is 1. The molecule has 5 heteroatoms. The Kier molecular flexibility index (Phi) is 3.19. The molecule has 5 nitrogen and oxygen atoms in total. The molecule has 0 aliphatic carbocycles. The average molecular weight is 236 g/mol. The maximum Gasteiger partial charge on any atom is 0.224 e. The van der Waals surface area contributed by atoms with Gasteiger partial charge in [-0.15, -0.1) is 0 Å². The number of carbonyl (C=O) groups excluding carboxylic acids is 1. The van der Waals surface area contributed by atoms with Crippen LogP contribution in [0.1, 0.15) is 25.3 Å². The number of primary amides is 1. The fraction of sp³-hybridized carbons (Fsp3) is 0.667. The Morgan fingerprint density at radius 3 is 3.00 bits per heavy atom. The van der Waals surface area contributed by atoms with Gasteiger partial charge in [-0.3, -0.25) is 14.4 Å². The summed E-state index contributed by atoms with van der Waals surface area (Å²) in [5.41, 5.74) is 6.29. The highest BCUT2D eigenvalue weighted by atomic mass is 16.1. The van der Waals surface area contributed by atoms with E-state index in [-0.39, 0.29) is 11.3 Å². The molecular formula is C12H20N4O.